The van der Waals surface area contributed by atoms with Gasteiger partial charge in [0.25, 0.3) is 0 Å². The largest absolute Gasteiger partial charge is 0.388 e. The fourth-order valence-corrected chi connectivity index (χ4v) is 4.00. The zero-order valence-corrected chi connectivity index (χ0v) is 11.2. The predicted octanol–water partition coefficient (Wildman–Crippen LogP) is 3.53. The Balaban J connectivity index is 1.78. The van der Waals surface area contributed by atoms with E-state index >= 15 is 0 Å². The van der Waals surface area contributed by atoms with Crippen molar-refractivity contribution in [2.24, 2.45) is 11.8 Å². The summed E-state index contributed by atoms with van der Waals surface area (Å²) in [5.41, 5.74) is 4.10. The summed E-state index contributed by atoms with van der Waals surface area (Å²) >= 11 is 0. The molecule has 0 saturated heterocycles. The minimum absolute atomic E-state index is 0.201. The average molecular weight is 245 g/mol. The lowest BCUT2D eigenvalue weighted by Crippen LogP contribution is -2.20. The second kappa shape index (κ2) is 3.86. The molecule has 1 unspecified atom stereocenters. The van der Waals surface area contributed by atoms with Gasteiger partial charge >= 0.3 is 0 Å². The van der Waals surface area contributed by atoms with Gasteiger partial charge in [-0.05, 0) is 69.8 Å². The summed E-state index contributed by atoms with van der Waals surface area (Å²) in [4.78, 5) is 0. The highest BCUT2D eigenvalue weighted by Crippen LogP contribution is 2.53. The monoisotopic (exact) mass is 245 g/mol. The van der Waals surface area contributed by atoms with E-state index in [2.05, 4.69) is 17.6 Å². The Morgan fingerprint density at radius 2 is 1.83 bits per heavy atom. The first kappa shape index (κ1) is 11.1. The molecule has 1 aromatic heterocycles. The summed E-state index contributed by atoms with van der Waals surface area (Å²) in [6.45, 7) is 2.24. The van der Waals surface area contributed by atoms with Gasteiger partial charge in [-0.3, -0.25) is 0 Å². The van der Waals surface area contributed by atoms with E-state index in [9.17, 15) is 5.11 Å². The van der Waals surface area contributed by atoms with Crippen molar-refractivity contribution in [1.29, 1.82) is 0 Å². The maximum absolute atomic E-state index is 10.2. The van der Waals surface area contributed by atoms with Crippen LogP contribution in [-0.4, -0.2) is 9.67 Å². The number of nitrogens with zero attached hydrogens (tertiary/aromatic N) is 1. The Bertz CT molecular complexity index is 456. The molecule has 4 rings (SSSR count). The molecule has 0 spiro atoms. The highest BCUT2D eigenvalue weighted by atomic mass is 16.3. The van der Waals surface area contributed by atoms with Crippen LogP contribution < -0.4 is 0 Å². The highest BCUT2D eigenvalue weighted by Gasteiger charge is 2.44. The second-order valence-corrected chi connectivity index (χ2v) is 6.63. The fourth-order valence-electron chi connectivity index (χ4n) is 4.00. The van der Waals surface area contributed by atoms with Crippen LogP contribution in [-0.2, 0) is 6.42 Å². The molecule has 0 radical (unpaired) electrons. The van der Waals surface area contributed by atoms with E-state index in [0.717, 1.165) is 30.7 Å². The second-order valence-electron chi connectivity index (χ2n) is 6.63. The SMILES string of the molecule is Cc1cc2c(n1C(C1CC1)C1CC1)CCCC2O. The van der Waals surface area contributed by atoms with Crippen molar-refractivity contribution < 1.29 is 5.11 Å². The lowest BCUT2D eigenvalue weighted by atomic mass is 9.94. The van der Waals surface area contributed by atoms with Gasteiger partial charge in [-0.1, -0.05) is 0 Å². The van der Waals surface area contributed by atoms with E-state index in [1.165, 1.54) is 49.1 Å². The number of hydrogen-bond acceptors (Lipinski definition) is 1. The molecule has 2 heteroatoms. The molecule has 1 aromatic rings. The average Bonchev–Trinajstić information content (AvgIpc) is 3.23. The highest BCUT2D eigenvalue weighted by molar-refractivity contribution is 5.33. The number of aryl methyl sites for hydroxylation is 1. The minimum Gasteiger partial charge on any atom is -0.388 e. The molecule has 3 aliphatic carbocycles. The molecule has 1 N–H and O–H groups in total. The molecule has 18 heavy (non-hydrogen) atoms. The minimum atomic E-state index is -0.201. The van der Waals surface area contributed by atoms with Crippen molar-refractivity contribution in [1.82, 2.24) is 4.57 Å². The molecule has 0 amide bonds. The first-order valence-electron chi connectivity index (χ1n) is 7.64. The molecule has 2 fully saturated rings. The van der Waals surface area contributed by atoms with Crippen LogP contribution in [0, 0.1) is 18.8 Å². The van der Waals surface area contributed by atoms with Gasteiger partial charge in [0.2, 0.25) is 0 Å². The van der Waals surface area contributed by atoms with Gasteiger partial charge in [0.05, 0.1) is 6.10 Å². The van der Waals surface area contributed by atoms with Gasteiger partial charge in [-0.15, -0.1) is 0 Å². The van der Waals surface area contributed by atoms with Gasteiger partial charge in [0.15, 0.2) is 0 Å². The molecular formula is C16H23NO. The molecule has 0 bridgehead atoms. The lowest BCUT2D eigenvalue weighted by Gasteiger charge is -2.26. The third-order valence-electron chi connectivity index (χ3n) is 5.13. The van der Waals surface area contributed by atoms with Crippen molar-refractivity contribution in [2.75, 3.05) is 0 Å². The molecule has 1 atom stereocenters. The number of aliphatic hydroxyl groups is 1. The van der Waals surface area contributed by atoms with Crippen LogP contribution in [0.2, 0.25) is 0 Å². The number of aliphatic hydroxyl groups excluding tert-OH is 1. The first-order chi connectivity index (χ1) is 8.75. The maximum atomic E-state index is 10.2. The molecule has 0 aliphatic heterocycles. The number of fused-ring (bicyclic) bond motifs is 1. The van der Waals surface area contributed by atoms with Gasteiger partial charge in [0.1, 0.15) is 0 Å². The standard InChI is InChI=1S/C16H23NO/c1-10-9-13-14(3-2-4-15(13)18)17(10)16(11-5-6-11)12-7-8-12/h9,11-12,15-16,18H,2-8H2,1H3. The Morgan fingerprint density at radius 3 is 2.44 bits per heavy atom. The molecule has 1 heterocycles. The summed E-state index contributed by atoms with van der Waals surface area (Å²) in [6.07, 6.45) is 8.79. The molecule has 2 nitrogen and oxygen atoms in total. The normalized spacial score (nSPS) is 27.6. The van der Waals surface area contributed by atoms with Gasteiger partial charge in [0, 0.05) is 23.0 Å². The zero-order valence-electron chi connectivity index (χ0n) is 11.2. The smallest absolute Gasteiger partial charge is 0.0807 e. The van der Waals surface area contributed by atoms with E-state index in [0.29, 0.717) is 0 Å². The van der Waals surface area contributed by atoms with E-state index in [1.54, 1.807) is 0 Å². The summed E-state index contributed by atoms with van der Waals surface area (Å²) in [6, 6.07) is 3.02. The molecule has 0 aromatic carbocycles. The first-order valence-corrected chi connectivity index (χ1v) is 7.64. The van der Waals surface area contributed by atoms with E-state index in [4.69, 9.17) is 0 Å². The van der Waals surface area contributed by atoms with Crippen LogP contribution in [0.3, 0.4) is 0 Å². The Hall–Kier alpha value is -0.760. The topological polar surface area (TPSA) is 25.2 Å². The van der Waals surface area contributed by atoms with Crippen molar-refractivity contribution in [2.45, 2.75) is 64.0 Å². The third kappa shape index (κ3) is 1.65. The van der Waals surface area contributed by atoms with E-state index < -0.39 is 0 Å². The van der Waals surface area contributed by atoms with Crippen LogP contribution in [0.5, 0.6) is 0 Å². The van der Waals surface area contributed by atoms with Crippen LogP contribution in [0.1, 0.15) is 67.6 Å². The maximum Gasteiger partial charge on any atom is 0.0807 e. The number of aromatic nitrogens is 1. The lowest BCUT2D eigenvalue weighted by molar-refractivity contribution is 0.155. The summed E-state index contributed by atoms with van der Waals surface area (Å²) in [5, 5.41) is 10.2. The summed E-state index contributed by atoms with van der Waals surface area (Å²) < 4.78 is 2.63. The fraction of sp³-hybridized carbons (Fsp3) is 0.750. The van der Waals surface area contributed by atoms with Crippen molar-refractivity contribution >= 4 is 0 Å². The van der Waals surface area contributed by atoms with E-state index in [1.807, 2.05) is 0 Å². The number of rotatable bonds is 3. The van der Waals surface area contributed by atoms with Crippen LogP contribution in [0.25, 0.3) is 0 Å². The molecular weight excluding hydrogens is 222 g/mol. The van der Waals surface area contributed by atoms with Crippen molar-refractivity contribution in [3.8, 4) is 0 Å². The van der Waals surface area contributed by atoms with Crippen molar-refractivity contribution in [3.63, 3.8) is 0 Å². The van der Waals surface area contributed by atoms with Crippen LogP contribution >= 0.6 is 0 Å². The van der Waals surface area contributed by atoms with Gasteiger partial charge < -0.3 is 9.67 Å². The quantitative estimate of drug-likeness (QED) is 0.866. The van der Waals surface area contributed by atoms with Crippen LogP contribution in [0.15, 0.2) is 6.07 Å². The summed E-state index contributed by atoms with van der Waals surface area (Å²) in [7, 11) is 0. The summed E-state index contributed by atoms with van der Waals surface area (Å²) in [5.74, 6) is 1.87. The van der Waals surface area contributed by atoms with Gasteiger partial charge in [-0.2, -0.15) is 0 Å². The molecule has 2 saturated carbocycles. The predicted molar refractivity (Wildman–Crippen MR) is 71.6 cm³/mol. The number of hydrogen-bond donors (Lipinski definition) is 1. The van der Waals surface area contributed by atoms with Crippen LogP contribution in [0.4, 0.5) is 0 Å². The Labute approximate surface area is 109 Å². The molecule has 3 aliphatic rings. The molecule has 98 valence electrons. The van der Waals surface area contributed by atoms with E-state index in [-0.39, 0.29) is 6.10 Å². The Morgan fingerprint density at radius 1 is 1.17 bits per heavy atom. The van der Waals surface area contributed by atoms with Crippen molar-refractivity contribution in [3.05, 3.63) is 23.0 Å². The Kier molecular flexibility index (Phi) is 2.38. The van der Waals surface area contributed by atoms with Gasteiger partial charge in [-0.25, -0.2) is 0 Å². The third-order valence-corrected chi connectivity index (χ3v) is 5.13. The zero-order chi connectivity index (χ0) is 12.3.